The van der Waals surface area contributed by atoms with Gasteiger partial charge in [0.2, 0.25) is 0 Å². The Morgan fingerprint density at radius 3 is 2.20 bits per heavy atom. The first-order valence-corrected chi connectivity index (χ1v) is 3.58. The van der Waals surface area contributed by atoms with Crippen molar-refractivity contribution in [3.63, 3.8) is 0 Å². The van der Waals surface area contributed by atoms with Gasteiger partial charge in [-0.15, -0.1) is 6.58 Å². The van der Waals surface area contributed by atoms with Gasteiger partial charge in [-0.3, -0.25) is 0 Å². The Kier molecular flexibility index (Phi) is 4.32. The molecule has 0 amide bonds. The molecule has 0 aliphatic heterocycles. The maximum absolute atomic E-state index is 9.18. The zero-order valence-corrected chi connectivity index (χ0v) is 6.67. The molecule has 2 atom stereocenters. The highest BCUT2D eigenvalue weighted by Crippen LogP contribution is 2.07. The van der Waals surface area contributed by atoms with Crippen molar-refractivity contribution in [3.8, 4) is 0 Å². The van der Waals surface area contributed by atoms with Crippen LogP contribution in [0.2, 0.25) is 0 Å². The van der Waals surface area contributed by atoms with Crippen LogP contribution >= 0.6 is 0 Å². The summed E-state index contributed by atoms with van der Waals surface area (Å²) in [6.07, 6.45) is -0.150. The first-order valence-electron chi connectivity index (χ1n) is 3.58. The van der Waals surface area contributed by atoms with E-state index in [0.717, 1.165) is 5.57 Å². The highest BCUT2D eigenvalue weighted by atomic mass is 16.3. The van der Waals surface area contributed by atoms with Crippen LogP contribution in [0, 0.1) is 0 Å². The second kappa shape index (κ2) is 4.47. The lowest BCUT2D eigenvalue weighted by molar-refractivity contribution is 0.0183. The minimum Gasteiger partial charge on any atom is -0.390 e. The molecule has 0 fully saturated rings. The molecule has 0 aliphatic rings. The molecule has 0 aromatic carbocycles. The van der Waals surface area contributed by atoms with E-state index in [1.165, 1.54) is 0 Å². The normalized spacial score (nSPS) is 16.4. The molecule has 10 heavy (non-hydrogen) atoms. The molecule has 0 heterocycles. The average Bonchev–Trinajstić information content (AvgIpc) is 1.85. The van der Waals surface area contributed by atoms with Gasteiger partial charge in [0.1, 0.15) is 0 Å². The standard InChI is InChI=1S/C8H16O2/c1-4-7(9)8(10)5-6(2)3/h7-10H,2,4-5H2,1,3H3. The van der Waals surface area contributed by atoms with Crippen molar-refractivity contribution in [2.75, 3.05) is 0 Å². The van der Waals surface area contributed by atoms with Crippen LogP contribution in [0.5, 0.6) is 0 Å². The zero-order chi connectivity index (χ0) is 8.15. The van der Waals surface area contributed by atoms with Gasteiger partial charge >= 0.3 is 0 Å². The highest BCUT2D eigenvalue weighted by molar-refractivity contribution is 4.91. The van der Waals surface area contributed by atoms with Crippen LogP contribution < -0.4 is 0 Å². The summed E-state index contributed by atoms with van der Waals surface area (Å²) in [4.78, 5) is 0. The number of aliphatic hydroxyl groups excluding tert-OH is 2. The van der Waals surface area contributed by atoms with E-state index in [-0.39, 0.29) is 0 Å². The summed E-state index contributed by atoms with van der Waals surface area (Å²) >= 11 is 0. The van der Waals surface area contributed by atoms with Crippen LogP contribution in [0.4, 0.5) is 0 Å². The lowest BCUT2D eigenvalue weighted by Crippen LogP contribution is -2.24. The fourth-order valence-electron chi connectivity index (χ4n) is 0.765. The molecule has 2 nitrogen and oxygen atoms in total. The van der Waals surface area contributed by atoms with Gasteiger partial charge in [-0.05, 0) is 19.8 Å². The maximum Gasteiger partial charge on any atom is 0.0835 e. The summed E-state index contributed by atoms with van der Waals surface area (Å²) in [5, 5.41) is 18.3. The first kappa shape index (κ1) is 9.66. The van der Waals surface area contributed by atoms with E-state index in [1.807, 2.05) is 13.8 Å². The summed E-state index contributed by atoms with van der Waals surface area (Å²) in [5.41, 5.74) is 0.903. The zero-order valence-electron chi connectivity index (χ0n) is 6.67. The quantitative estimate of drug-likeness (QED) is 0.580. The fourth-order valence-corrected chi connectivity index (χ4v) is 0.765. The van der Waals surface area contributed by atoms with Crippen LogP contribution in [-0.2, 0) is 0 Å². The summed E-state index contributed by atoms with van der Waals surface area (Å²) < 4.78 is 0. The number of rotatable bonds is 4. The number of hydrogen-bond acceptors (Lipinski definition) is 2. The van der Waals surface area contributed by atoms with Crippen molar-refractivity contribution < 1.29 is 10.2 Å². The van der Waals surface area contributed by atoms with Crippen LogP contribution in [-0.4, -0.2) is 22.4 Å². The van der Waals surface area contributed by atoms with Crippen molar-refractivity contribution >= 4 is 0 Å². The van der Waals surface area contributed by atoms with E-state index in [4.69, 9.17) is 5.11 Å². The number of aliphatic hydroxyl groups is 2. The van der Waals surface area contributed by atoms with Crippen molar-refractivity contribution in [3.05, 3.63) is 12.2 Å². The molecule has 0 bridgehead atoms. The second-order valence-corrected chi connectivity index (χ2v) is 2.70. The van der Waals surface area contributed by atoms with Gasteiger partial charge in [0.05, 0.1) is 12.2 Å². The maximum atomic E-state index is 9.18. The molecular weight excluding hydrogens is 128 g/mol. The van der Waals surface area contributed by atoms with E-state index in [0.29, 0.717) is 12.8 Å². The Labute approximate surface area is 62.2 Å². The van der Waals surface area contributed by atoms with Crippen molar-refractivity contribution in [2.24, 2.45) is 0 Å². The van der Waals surface area contributed by atoms with Crippen molar-refractivity contribution in [2.45, 2.75) is 38.9 Å². The van der Waals surface area contributed by atoms with Crippen molar-refractivity contribution in [1.29, 1.82) is 0 Å². The van der Waals surface area contributed by atoms with Crippen LogP contribution in [0.3, 0.4) is 0 Å². The van der Waals surface area contributed by atoms with Crippen LogP contribution in [0.25, 0.3) is 0 Å². The van der Waals surface area contributed by atoms with Gasteiger partial charge in [-0.2, -0.15) is 0 Å². The molecule has 0 rings (SSSR count). The molecule has 2 unspecified atom stereocenters. The van der Waals surface area contributed by atoms with Crippen LogP contribution in [0.15, 0.2) is 12.2 Å². The summed E-state index contributed by atoms with van der Waals surface area (Å²) in [5.74, 6) is 0. The number of hydrogen-bond donors (Lipinski definition) is 2. The largest absolute Gasteiger partial charge is 0.390 e. The minimum absolute atomic E-state index is 0.495. The molecule has 0 spiro atoms. The summed E-state index contributed by atoms with van der Waals surface area (Å²) in [6.45, 7) is 7.32. The predicted octanol–water partition coefficient (Wildman–Crippen LogP) is 1.08. The lowest BCUT2D eigenvalue weighted by atomic mass is 10.1. The molecular formula is C8H16O2. The lowest BCUT2D eigenvalue weighted by Gasteiger charge is -2.15. The molecule has 0 saturated heterocycles. The third kappa shape index (κ3) is 3.64. The van der Waals surface area contributed by atoms with E-state index >= 15 is 0 Å². The molecule has 60 valence electrons. The summed E-state index contributed by atoms with van der Waals surface area (Å²) in [6, 6.07) is 0. The molecule has 2 heteroatoms. The van der Waals surface area contributed by atoms with E-state index < -0.39 is 12.2 Å². The molecule has 0 aromatic heterocycles. The van der Waals surface area contributed by atoms with Gasteiger partial charge in [-0.1, -0.05) is 12.5 Å². The van der Waals surface area contributed by atoms with Crippen molar-refractivity contribution in [1.82, 2.24) is 0 Å². The monoisotopic (exact) mass is 144 g/mol. The molecule has 0 aliphatic carbocycles. The first-order chi connectivity index (χ1) is 4.57. The smallest absolute Gasteiger partial charge is 0.0835 e. The highest BCUT2D eigenvalue weighted by Gasteiger charge is 2.12. The third-order valence-electron chi connectivity index (χ3n) is 1.42. The predicted molar refractivity (Wildman–Crippen MR) is 41.7 cm³/mol. The molecule has 0 aromatic rings. The minimum atomic E-state index is -0.637. The Balaban J connectivity index is 3.61. The van der Waals surface area contributed by atoms with Gasteiger partial charge in [0, 0.05) is 0 Å². The second-order valence-electron chi connectivity index (χ2n) is 2.70. The van der Waals surface area contributed by atoms with E-state index in [9.17, 15) is 5.11 Å². The molecule has 0 radical (unpaired) electrons. The Morgan fingerprint density at radius 1 is 1.40 bits per heavy atom. The van der Waals surface area contributed by atoms with Gasteiger partial charge < -0.3 is 10.2 Å². The third-order valence-corrected chi connectivity index (χ3v) is 1.42. The van der Waals surface area contributed by atoms with E-state index in [2.05, 4.69) is 6.58 Å². The molecule has 0 saturated carbocycles. The van der Waals surface area contributed by atoms with E-state index in [1.54, 1.807) is 0 Å². The topological polar surface area (TPSA) is 40.5 Å². The van der Waals surface area contributed by atoms with Gasteiger partial charge in [-0.25, -0.2) is 0 Å². The Morgan fingerprint density at radius 2 is 1.90 bits per heavy atom. The van der Waals surface area contributed by atoms with Gasteiger partial charge in [0.25, 0.3) is 0 Å². The Bertz CT molecular complexity index is 110. The molecule has 2 N–H and O–H groups in total. The summed E-state index contributed by atoms with van der Waals surface area (Å²) in [7, 11) is 0. The average molecular weight is 144 g/mol. The Hall–Kier alpha value is -0.340. The van der Waals surface area contributed by atoms with Crippen LogP contribution in [0.1, 0.15) is 26.7 Å². The SMILES string of the molecule is C=C(C)CC(O)C(O)CC. The fraction of sp³-hybridized carbons (Fsp3) is 0.750. The van der Waals surface area contributed by atoms with Gasteiger partial charge in [0.15, 0.2) is 0 Å².